The zero-order chi connectivity index (χ0) is 17.5. The second-order valence-electron chi connectivity index (χ2n) is 6.68. The Morgan fingerprint density at radius 1 is 0.708 bits per heavy atom. The molecule has 6 nitrogen and oxygen atoms in total. The molecule has 0 N–H and O–H groups in total. The number of hydrogen-bond acceptors (Lipinski definition) is 4. The molecule has 0 unspecified atom stereocenters. The molecule has 0 amide bonds. The molecule has 1 aromatic rings. The van der Waals surface area contributed by atoms with Gasteiger partial charge in [-0.05, 0) is 49.9 Å². The van der Waals surface area contributed by atoms with E-state index in [9.17, 15) is 16.8 Å². The van der Waals surface area contributed by atoms with Crippen LogP contribution in [0.3, 0.4) is 0 Å². The average molecular weight is 373 g/mol. The summed E-state index contributed by atoms with van der Waals surface area (Å²) in [5.74, 6) is 0. The molecule has 3 rings (SSSR count). The van der Waals surface area contributed by atoms with Crippen LogP contribution in [0.25, 0.3) is 0 Å². The summed E-state index contributed by atoms with van der Waals surface area (Å²) in [4.78, 5) is 0.282. The zero-order valence-electron chi connectivity index (χ0n) is 14.1. The van der Waals surface area contributed by atoms with Crippen molar-refractivity contribution in [1.82, 2.24) is 8.61 Å². The van der Waals surface area contributed by atoms with E-state index in [0.717, 1.165) is 38.5 Å². The number of sulfonamides is 2. The van der Waals surface area contributed by atoms with Gasteiger partial charge in [0.05, 0.1) is 9.79 Å². The molecule has 0 bridgehead atoms. The SMILES string of the molecule is CN(C1CCC1)S(=O)(=O)c1ccc(S(=O)(=O)N(C)C2CCC2)cc1. The molecule has 0 saturated heterocycles. The highest BCUT2D eigenvalue weighted by atomic mass is 32.2. The summed E-state index contributed by atoms with van der Waals surface area (Å²) in [7, 11) is -3.95. The summed E-state index contributed by atoms with van der Waals surface area (Å²) in [6.07, 6.45) is 5.63. The van der Waals surface area contributed by atoms with Gasteiger partial charge in [0.25, 0.3) is 0 Å². The van der Waals surface area contributed by atoms with E-state index in [1.54, 1.807) is 14.1 Å². The highest BCUT2D eigenvalue weighted by molar-refractivity contribution is 7.89. The summed E-state index contributed by atoms with van der Waals surface area (Å²) in [5, 5.41) is 0. The molecule has 24 heavy (non-hydrogen) atoms. The summed E-state index contributed by atoms with van der Waals surface area (Å²) >= 11 is 0. The molecule has 0 radical (unpaired) electrons. The van der Waals surface area contributed by atoms with Crippen LogP contribution in [0, 0.1) is 0 Å². The molecule has 2 aliphatic rings. The lowest BCUT2D eigenvalue weighted by atomic mass is 9.94. The van der Waals surface area contributed by atoms with Crippen molar-refractivity contribution in [3.63, 3.8) is 0 Å². The number of benzene rings is 1. The second-order valence-corrected chi connectivity index (χ2v) is 10.7. The van der Waals surface area contributed by atoms with E-state index in [2.05, 4.69) is 0 Å². The van der Waals surface area contributed by atoms with Crippen molar-refractivity contribution in [1.29, 1.82) is 0 Å². The fraction of sp³-hybridized carbons (Fsp3) is 0.625. The van der Waals surface area contributed by atoms with E-state index < -0.39 is 20.0 Å². The maximum absolute atomic E-state index is 12.6. The first-order valence-electron chi connectivity index (χ1n) is 8.31. The Labute approximate surface area is 144 Å². The third-order valence-electron chi connectivity index (χ3n) is 5.36. The molecular weight excluding hydrogens is 348 g/mol. The summed E-state index contributed by atoms with van der Waals surface area (Å²) in [6, 6.07) is 5.70. The highest BCUT2D eigenvalue weighted by Gasteiger charge is 2.34. The summed E-state index contributed by atoms with van der Waals surface area (Å²) in [5.41, 5.74) is 0. The van der Waals surface area contributed by atoms with Crippen LogP contribution >= 0.6 is 0 Å². The predicted octanol–water partition coefficient (Wildman–Crippen LogP) is 2.03. The fourth-order valence-corrected chi connectivity index (χ4v) is 5.84. The van der Waals surface area contributed by atoms with Crippen molar-refractivity contribution in [3.8, 4) is 0 Å². The lowest BCUT2D eigenvalue weighted by molar-refractivity contribution is 0.249. The van der Waals surface area contributed by atoms with Gasteiger partial charge in [-0.15, -0.1) is 0 Å². The molecule has 0 spiro atoms. The van der Waals surface area contributed by atoms with Crippen molar-refractivity contribution in [2.45, 2.75) is 60.4 Å². The highest BCUT2D eigenvalue weighted by Crippen LogP contribution is 2.30. The van der Waals surface area contributed by atoms with Crippen molar-refractivity contribution >= 4 is 20.0 Å². The summed E-state index contributed by atoms with van der Waals surface area (Å²) in [6.45, 7) is 0. The topological polar surface area (TPSA) is 74.8 Å². The molecule has 1 aromatic carbocycles. The van der Waals surface area contributed by atoms with E-state index in [-0.39, 0.29) is 21.9 Å². The fourth-order valence-electron chi connectivity index (χ4n) is 3.01. The third kappa shape index (κ3) is 3.00. The largest absolute Gasteiger partial charge is 0.243 e. The molecule has 2 fully saturated rings. The van der Waals surface area contributed by atoms with Crippen LogP contribution in [-0.2, 0) is 20.0 Å². The smallest absolute Gasteiger partial charge is 0.207 e. The van der Waals surface area contributed by atoms with Gasteiger partial charge in [-0.25, -0.2) is 16.8 Å². The van der Waals surface area contributed by atoms with Gasteiger partial charge in [0.2, 0.25) is 20.0 Å². The van der Waals surface area contributed by atoms with Crippen molar-refractivity contribution < 1.29 is 16.8 Å². The van der Waals surface area contributed by atoms with Crippen LogP contribution in [0.15, 0.2) is 34.1 Å². The first-order valence-corrected chi connectivity index (χ1v) is 11.2. The molecule has 134 valence electrons. The van der Waals surface area contributed by atoms with Gasteiger partial charge in [0.1, 0.15) is 0 Å². The molecule has 2 saturated carbocycles. The minimum Gasteiger partial charge on any atom is -0.207 e. The minimum absolute atomic E-state index is 0.0585. The standard InChI is InChI=1S/C16H24N2O4S2/c1-17(13-5-3-6-13)23(19,20)15-9-11-16(12-10-15)24(21,22)18(2)14-7-4-8-14/h9-14H,3-8H2,1-2H3. The van der Waals surface area contributed by atoms with E-state index >= 15 is 0 Å². The van der Waals surface area contributed by atoms with Crippen molar-refractivity contribution in [3.05, 3.63) is 24.3 Å². The van der Waals surface area contributed by atoms with Gasteiger partial charge in [-0.3, -0.25) is 0 Å². The minimum atomic E-state index is -3.57. The normalized spacial score (nSPS) is 20.2. The molecule has 0 aliphatic heterocycles. The van der Waals surface area contributed by atoms with Crippen LogP contribution in [0.2, 0.25) is 0 Å². The Hall–Kier alpha value is -0.960. The Kier molecular flexibility index (Phi) is 4.76. The first kappa shape index (κ1) is 17.8. The van der Waals surface area contributed by atoms with Crippen LogP contribution < -0.4 is 0 Å². The lowest BCUT2D eigenvalue weighted by Gasteiger charge is -2.34. The number of nitrogens with zero attached hydrogens (tertiary/aromatic N) is 2. The van der Waals surface area contributed by atoms with Gasteiger partial charge < -0.3 is 0 Å². The van der Waals surface area contributed by atoms with Crippen LogP contribution in [-0.4, -0.2) is 51.6 Å². The van der Waals surface area contributed by atoms with E-state index in [0.29, 0.717) is 0 Å². The Morgan fingerprint density at radius 2 is 1.00 bits per heavy atom. The first-order chi connectivity index (χ1) is 11.2. The Balaban J connectivity index is 1.82. The lowest BCUT2D eigenvalue weighted by Crippen LogP contribution is -2.41. The van der Waals surface area contributed by atoms with Gasteiger partial charge in [0.15, 0.2) is 0 Å². The van der Waals surface area contributed by atoms with E-state index in [1.165, 1.54) is 32.9 Å². The zero-order valence-corrected chi connectivity index (χ0v) is 15.7. The van der Waals surface area contributed by atoms with Crippen molar-refractivity contribution in [2.75, 3.05) is 14.1 Å². The molecule has 2 aliphatic carbocycles. The van der Waals surface area contributed by atoms with Gasteiger partial charge in [0, 0.05) is 26.2 Å². The molecule has 0 atom stereocenters. The molecule has 8 heteroatoms. The van der Waals surface area contributed by atoms with Gasteiger partial charge in [-0.1, -0.05) is 12.8 Å². The van der Waals surface area contributed by atoms with E-state index in [4.69, 9.17) is 0 Å². The maximum Gasteiger partial charge on any atom is 0.243 e. The van der Waals surface area contributed by atoms with E-state index in [1.807, 2.05) is 0 Å². The monoisotopic (exact) mass is 372 g/mol. The second kappa shape index (κ2) is 6.40. The average Bonchev–Trinajstić information content (AvgIpc) is 2.43. The predicted molar refractivity (Wildman–Crippen MR) is 91.6 cm³/mol. The van der Waals surface area contributed by atoms with Crippen LogP contribution in [0.4, 0.5) is 0 Å². The van der Waals surface area contributed by atoms with Crippen LogP contribution in [0.5, 0.6) is 0 Å². The number of rotatable bonds is 6. The quantitative estimate of drug-likeness (QED) is 0.766. The summed E-state index contributed by atoms with van der Waals surface area (Å²) < 4.78 is 53.2. The number of hydrogen-bond donors (Lipinski definition) is 0. The van der Waals surface area contributed by atoms with Crippen molar-refractivity contribution in [2.24, 2.45) is 0 Å². The van der Waals surface area contributed by atoms with Gasteiger partial charge in [-0.2, -0.15) is 8.61 Å². The Bertz CT molecular complexity index is 726. The molecule has 0 aromatic heterocycles. The maximum atomic E-state index is 12.6. The third-order valence-corrected chi connectivity index (χ3v) is 9.20. The van der Waals surface area contributed by atoms with Gasteiger partial charge >= 0.3 is 0 Å². The Morgan fingerprint density at radius 3 is 1.21 bits per heavy atom. The molecular formula is C16H24N2O4S2. The van der Waals surface area contributed by atoms with Crippen LogP contribution in [0.1, 0.15) is 38.5 Å². The molecule has 0 heterocycles.